The van der Waals surface area contributed by atoms with Gasteiger partial charge >= 0.3 is 5.97 Å². The van der Waals surface area contributed by atoms with Crippen molar-refractivity contribution in [3.8, 4) is 0 Å². The minimum absolute atomic E-state index is 0.196. The standard InChI is InChI=1S/C14H22N4O4/c1-4-6-11(14(21)22)16-12(19)9-17(3)13(20)10(2)18-8-5-7-15-18/h5,7-8,10-11H,4,6,9H2,1-3H3,(H,16,19)(H,21,22). The number of hydrogen-bond donors (Lipinski definition) is 2. The van der Waals surface area contributed by atoms with Crippen LogP contribution in [0, 0.1) is 0 Å². The molecular formula is C14H22N4O4. The molecule has 2 atom stereocenters. The van der Waals surface area contributed by atoms with Crippen molar-refractivity contribution in [3.63, 3.8) is 0 Å². The van der Waals surface area contributed by atoms with Crippen molar-refractivity contribution >= 4 is 17.8 Å². The Bertz CT molecular complexity index is 515. The number of hydrogen-bond acceptors (Lipinski definition) is 4. The predicted octanol–water partition coefficient (Wildman–Crippen LogP) is 0.272. The van der Waals surface area contributed by atoms with E-state index in [1.54, 1.807) is 25.4 Å². The highest BCUT2D eigenvalue weighted by molar-refractivity contribution is 5.88. The van der Waals surface area contributed by atoms with Gasteiger partial charge in [0.2, 0.25) is 11.8 Å². The van der Waals surface area contributed by atoms with Crippen LogP contribution in [-0.4, -0.2) is 57.2 Å². The zero-order chi connectivity index (χ0) is 16.7. The molecule has 2 unspecified atom stereocenters. The highest BCUT2D eigenvalue weighted by Gasteiger charge is 2.23. The van der Waals surface area contributed by atoms with E-state index in [-0.39, 0.29) is 12.5 Å². The monoisotopic (exact) mass is 310 g/mol. The summed E-state index contributed by atoms with van der Waals surface area (Å²) in [4.78, 5) is 36.3. The molecule has 8 nitrogen and oxygen atoms in total. The number of likely N-dealkylation sites (N-methyl/N-ethyl adjacent to an activating group) is 1. The summed E-state index contributed by atoms with van der Waals surface area (Å²) in [5, 5.41) is 15.4. The third kappa shape index (κ3) is 4.87. The van der Waals surface area contributed by atoms with Gasteiger partial charge < -0.3 is 15.3 Å². The minimum atomic E-state index is -1.07. The van der Waals surface area contributed by atoms with Crippen LogP contribution in [0.1, 0.15) is 32.7 Å². The van der Waals surface area contributed by atoms with Crippen molar-refractivity contribution in [1.82, 2.24) is 20.0 Å². The fourth-order valence-electron chi connectivity index (χ4n) is 2.02. The number of aliphatic carboxylic acids is 1. The number of carboxylic acid groups (broad SMARTS) is 1. The Morgan fingerprint density at radius 1 is 1.41 bits per heavy atom. The molecule has 1 heterocycles. The van der Waals surface area contributed by atoms with Gasteiger partial charge in [-0.2, -0.15) is 5.10 Å². The van der Waals surface area contributed by atoms with Gasteiger partial charge in [-0.05, 0) is 19.4 Å². The van der Waals surface area contributed by atoms with Gasteiger partial charge in [-0.25, -0.2) is 4.79 Å². The summed E-state index contributed by atoms with van der Waals surface area (Å²) in [7, 11) is 1.50. The van der Waals surface area contributed by atoms with Crippen molar-refractivity contribution in [2.24, 2.45) is 0 Å². The summed E-state index contributed by atoms with van der Waals surface area (Å²) in [6.45, 7) is 3.32. The van der Waals surface area contributed by atoms with Crippen molar-refractivity contribution in [2.75, 3.05) is 13.6 Å². The number of nitrogens with zero attached hydrogens (tertiary/aromatic N) is 3. The third-order valence-electron chi connectivity index (χ3n) is 3.25. The number of amides is 2. The van der Waals surface area contributed by atoms with E-state index in [0.717, 1.165) is 0 Å². The molecule has 0 aliphatic rings. The number of aromatic nitrogens is 2. The normalized spacial score (nSPS) is 13.2. The second kappa shape index (κ2) is 8.16. The lowest BCUT2D eigenvalue weighted by molar-refractivity contribution is -0.143. The van der Waals surface area contributed by atoms with Crippen LogP contribution < -0.4 is 5.32 Å². The maximum atomic E-state index is 12.2. The Morgan fingerprint density at radius 3 is 2.59 bits per heavy atom. The van der Waals surface area contributed by atoms with Crippen LogP contribution in [-0.2, 0) is 14.4 Å². The van der Waals surface area contributed by atoms with Crippen LogP contribution in [0.2, 0.25) is 0 Å². The molecule has 0 aliphatic heterocycles. The Labute approximate surface area is 129 Å². The van der Waals surface area contributed by atoms with Crippen molar-refractivity contribution in [1.29, 1.82) is 0 Å². The zero-order valence-corrected chi connectivity index (χ0v) is 13.0. The summed E-state index contributed by atoms with van der Waals surface area (Å²) in [5.74, 6) is -1.85. The lowest BCUT2D eigenvalue weighted by atomic mass is 10.1. The first-order valence-electron chi connectivity index (χ1n) is 7.13. The molecule has 1 aromatic rings. The fourth-order valence-corrected chi connectivity index (χ4v) is 2.02. The van der Waals surface area contributed by atoms with Gasteiger partial charge in [0.15, 0.2) is 0 Å². The second-order valence-electron chi connectivity index (χ2n) is 5.10. The highest BCUT2D eigenvalue weighted by Crippen LogP contribution is 2.07. The van der Waals surface area contributed by atoms with Crippen molar-refractivity contribution in [2.45, 2.75) is 38.8 Å². The first-order chi connectivity index (χ1) is 10.4. The molecule has 0 fully saturated rings. The molecule has 0 saturated heterocycles. The summed E-state index contributed by atoms with van der Waals surface area (Å²) < 4.78 is 1.49. The molecule has 1 rings (SSSR count). The average Bonchev–Trinajstić information content (AvgIpc) is 2.99. The van der Waals surface area contributed by atoms with E-state index in [1.165, 1.54) is 16.6 Å². The van der Waals surface area contributed by atoms with E-state index in [1.807, 2.05) is 6.92 Å². The molecule has 0 spiro atoms. The topological polar surface area (TPSA) is 105 Å². The molecule has 2 N–H and O–H groups in total. The Morgan fingerprint density at radius 2 is 2.09 bits per heavy atom. The number of carbonyl (C=O) groups excluding carboxylic acids is 2. The van der Waals surface area contributed by atoms with E-state index < -0.39 is 24.0 Å². The Balaban J connectivity index is 2.56. The van der Waals surface area contributed by atoms with Gasteiger partial charge in [0.05, 0.1) is 6.54 Å². The molecule has 0 saturated carbocycles. The lowest BCUT2D eigenvalue weighted by Crippen LogP contribution is -2.46. The van der Waals surface area contributed by atoms with Crippen LogP contribution in [0.3, 0.4) is 0 Å². The minimum Gasteiger partial charge on any atom is -0.480 e. The number of nitrogens with one attached hydrogen (secondary N) is 1. The molecule has 0 aromatic carbocycles. The molecule has 2 amide bonds. The smallest absolute Gasteiger partial charge is 0.326 e. The maximum Gasteiger partial charge on any atom is 0.326 e. The molecule has 22 heavy (non-hydrogen) atoms. The molecule has 122 valence electrons. The van der Waals surface area contributed by atoms with E-state index in [9.17, 15) is 14.4 Å². The quantitative estimate of drug-likeness (QED) is 0.717. The van der Waals surface area contributed by atoms with Gasteiger partial charge in [-0.3, -0.25) is 14.3 Å². The van der Waals surface area contributed by atoms with Gasteiger partial charge in [0.25, 0.3) is 0 Å². The zero-order valence-electron chi connectivity index (χ0n) is 13.0. The number of carboxylic acids is 1. The summed E-state index contributed by atoms with van der Waals surface area (Å²) in [5.41, 5.74) is 0. The van der Waals surface area contributed by atoms with E-state index in [2.05, 4.69) is 10.4 Å². The Kier molecular flexibility index (Phi) is 6.55. The second-order valence-corrected chi connectivity index (χ2v) is 5.10. The van der Waals surface area contributed by atoms with E-state index >= 15 is 0 Å². The molecule has 1 aromatic heterocycles. The maximum absolute atomic E-state index is 12.2. The average molecular weight is 310 g/mol. The van der Waals surface area contributed by atoms with Gasteiger partial charge in [0, 0.05) is 19.4 Å². The first-order valence-corrected chi connectivity index (χ1v) is 7.13. The molecule has 0 radical (unpaired) electrons. The molecule has 0 bridgehead atoms. The number of rotatable bonds is 8. The van der Waals surface area contributed by atoms with Crippen molar-refractivity contribution in [3.05, 3.63) is 18.5 Å². The van der Waals surface area contributed by atoms with Crippen LogP contribution in [0.4, 0.5) is 0 Å². The fraction of sp³-hybridized carbons (Fsp3) is 0.571. The van der Waals surface area contributed by atoms with Crippen LogP contribution in [0.15, 0.2) is 18.5 Å². The Hall–Kier alpha value is -2.38. The molecule has 0 aliphatic carbocycles. The van der Waals surface area contributed by atoms with Crippen LogP contribution >= 0.6 is 0 Å². The predicted molar refractivity (Wildman–Crippen MR) is 79.0 cm³/mol. The van der Waals surface area contributed by atoms with E-state index in [4.69, 9.17) is 5.11 Å². The van der Waals surface area contributed by atoms with Gasteiger partial charge in [-0.1, -0.05) is 13.3 Å². The number of carbonyl (C=O) groups is 3. The largest absolute Gasteiger partial charge is 0.480 e. The van der Waals surface area contributed by atoms with Gasteiger partial charge in [-0.15, -0.1) is 0 Å². The van der Waals surface area contributed by atoms with Crippen molar-refractivity contribution < 1.29 is 19.5 Å². The molecular weight excluding hydrogens is 288 g/mol. The SMILES string of the molecule is CCCC(NC(=O)CN(C)C(=O)C(C)n1cccn1)C(=O)O. The molecule has 8 heteroatoms. The van der Waals surface area contributed by atoms with Gasteiger partial charge in [0.1, 0.15) is 12.1 Å². The highest BCUT2D eigenvalue weighted by atomic mass is 16.4. The van der Waals surface area contributed by atoms with Crippen LogP contribution in [0.5, 0.6) is 0 Å². The third-order valence-corrected chi connectivity index (χ3v) is 3.25. The van der Waals surface area contributed by atoms with Crippen LogP contribution in [0.25, 0.3) is 0 Å². The lowest BCUT2D eigenvalue weighted by Gasteiger charge is -2.22. The summed E-state index contributed by atoms with van der Waals surface area (Å²) in [6.07, 6.45) is 4.22. The summed E-state index contributed by atoms with van der Waals surface area (Å²) in [6, 6.07) is 0.252. The summed E-state index contributed by atoms with van der Waals surface area (Å²) >= 11 is 0. The van der Waals surface area contributed by atoms with E-state index in [0.29, 0.717) is 12.8 Å². The first kappa shape index (κ1) is 17.7.